The Hall–Kier alpha value is -2.45. The zero-order valence-corrected chi connectivity index (χ0v) is 8.33. The Labute approximate surface area is 88.4 Å². The van der Waals surface area contributed by atoms with Gasteiger partial charge in [0.05, 0.1) is 12.0 Å². The summed E-state index contributed by atoms with van der Waals surface area (Å²) in [5.74, 6) is -2.60. The van der Waals surface area contributed by atoms with Crippen LogP contribution in [0.4, 0.5) is 5.69 Å². The van der Waals surface area contributed by atoms with E-state index in [9.17, 15) is 19.7 Å². The molecule has 1 heterocycles. The fourth-order valence-corrected chi connectivity index (χ4v) is 1.16. The summed E-state index contributed by atoms with van der Waals surface area (Å²) in [6.45, 7) is 0. The number of aromatic nitrogens is 2. The molecule has 0 aliphatic heterocycles. The Bertz CT molecular complexity index is 477. The number of carboxylic acids is 1. The largest absolute Gasteiger partial charge is 0.476 e. The van der Waals surface area contributed by atoms with Gasteiger partial charge in [-0.3, -0.25) is 14.8 Å². The van der Waals surface area contributed by atoms with Crippen LogP contribution in [-0.2, 0) is 11.8 Å². The molecule has 0 amide bonds. The van der Waals surface area contributed by atoms with Gasteiger partial charge in [0.2, 0.25) is 11.4 Å². The summed E-state index contributed by atoms with van der Waals surface area (Å²) in [6.07, 6.45) is 0. The molecular formula is C7H7N3O6. The lowest BCUT2D eigenvalue weighted by Gasteiger charge is -1.94. The van der Waals surface area contributed by atoms with Crippen molar-refractivity contribution < 1.29 is 24.4 Å². The van der Waals surface area contributed by atoms with E-state index in [-0.39, 0.29) is 0 Å². The molecule has 0 aliphatic carbocycles. The van der Waals surface area contributed by atoms with Gasteiger partial charge in [0.15, 0.2) is 0 Å². The number of methoxy groups -OCH3 is 1. The number of hydrogen-bond acceptors (Lipinski definition) is 6. The van der Waals surface area contributed by atoms with Gasteiger partial charge in [0.25, 0.3) is 0 Å². The van der Waals surface area contributed by atoms with Gasteiger partial charge in [-0.2, -0.15) is 5.10 Å². The maximum Gasteiger partial charge on any atom is 0.365 e. The number of aryl methyl sites for hydroxylation is 1. The molecule has 1 rings (SSSR count). The molecule has 0 fully saturated rings. The van der Waals surface area contributed by atoms with Crippen molar-refractivity contribution in [3.63, 3.8) is 0 Å². The minimum absolute atomic E-state index is 0.632. The highest BCUT2D eigenvalue weighted by molar-refractivity contribution is 5.99. The Balaban J connectivity index is 3.53. The molecule has 0 atom stereocenters. The fraction of sp³-hybridized carbons (Fsp3) is 0.286. The molecule has 0 saturated carbocycles. The summed E-state index contributed by atoms with van der Waals surface area (Å²) in [6, 6.07) is 0. The van der Waals surface area contributed by atoms with Crippen LogP contribution < -0.4 is 0 Å². The van der Waals surface area contributed by atoms with Crippen molar-refractivity contribution in [1.82, 2.24) is 9.78 Å². The van der Waals surface area contributed by atoms with Crippen LogP contribution in [0.2, 0.25) is 0 Å². The van der Waals surface area contributed by atoms with E-state index < -0.39 is 33.9 Å². The molecule has 0 bridgehead atoms. The first-order valence-corrected chi connectivity index (χ1v) is 3.93. The number of nitrogens with zero attached hydrogens (tertiary/aromatic N) is 3. The third-order valence-corrected chi connectivity index (χ3v) is 1.79. The van der Waals surface area contributed by atoms with Gasteiger partial charge in [-0.1, -0.05) is 0 Å². The average Bonchev–Trinajstić information content (AvgIpc) is 2.54. The number of esters is 1. The Morgan fingerprint density at radius 3 is 2.50 bits per heavy atom. The van der Waals surface area contributed by atoms with Gasteiger partial charge in [0, 0.05) is 7.05 Å². The van der Waals surface area contributed by atoms with E-state index >= 15 is 0 Å². The molecule has 16 heavy (non-hydrogen) atoms. The van der Waals surface area contributed by atoms with Crippen molar-refractivity contribution in [3.8, 4) is 0 Å². The molecule has 0 saturated heterocycles. The lowest BCUT2D eigenvalue weighted by atomic mass is 10.3. The smallest absolute Gasteiger partial charge is 0.365 e. The van der Waals surface area contributed by atoms with Crippen molar-refractivity contribution in [1.29, 1.82) is 0 Å². The van der Waals surface area contributed by atoms with E-state index in [4.69, 9.17) is 5.11 Å². The summed E-state index contributed by atoms with van der Waals surface area (Å²) >= 11 is 0. The summed E-state index contributed by atoms with van der Waals surface area (Å²) in [5.41, 5.74) is -2.18. The Morgan fingerprint density at radius 1 is 1.56 bits per heavy atom. The first-order valence-electron chi connectivity index (χ1n) is 3.93. The van der Waals surface area contributed by atoms with Crippen molar-refractivity contribution in [2.45, 2.75) is 0 Å². The highest BCUT2D eigenvalue weighted by atomic mass is 16.6. The van der Waals surface area contributed by atoms with Crippen LogP contribution in [0.3, 0.4) is 0 Å². The summed E-state index contributed by atoms with van der Waals surface area (Å²) in [7, 11) is 2.20. The van der Waals surface area contributed by atoms with E-state index in [1.54, 1.807) is 0 Å². The molecule has 0 spiro atoms. The van der Waals surface area contributed by atoms with Crippen LogP contribution in [0.15, 0.2) is 0 Å². The minimum atomic E-state index is -1.54. The highest BCUT2D eigenvalue weighted by Gasteiger charge is 2.35. The first-order chi connectivity index (χ1) is 7.40. The van der Waals surface area contributed by atoms with E-state index in [1.807, 2.05) is 0 Å². The SMILES string of the molecule is COC(=O)c1nn(C)c(C(=O)O)c1[N+](=O)[O-]. The molecule has 9 nitrogen and oxygen atoms in total. The first kappa shape index (κ1) is 11.6. The number of carboxylic acid groups (broad SMARTS) is 1. The summed E-state index contributed by atoms with van der Waals surface area (Å²) in [4.78, 5) is 31.6. The van der Waals surface area contributed by atoms with Gasteiger partial charge in [-0.05, 0) is 0 Å². The van der Waals surface area contributed by atoms with E-state index in [2.05, 4.69) is 9.84 Å². The van der Waals surface area contributed by atoms with Crippen LogP contribution in [0.1, 0.15) is 21.0 Å². The molecule has 0 radical (unpaired) electrons. The van der Waals surface area contributed by atoms with Crippen LogP contribution in [0.5, 0.6) is 0 Å². The molecule has 1 aromatic rings. The molecule has 9 heteroatoms. The van der Waals surface area contributed by atoms with Crippen LogP contribution in [-0.4, -0.2) is 38.9 Å². The quantitative estimate of drug-likeness (QED) is 0.432. The third-order valence-electron chi connectivity index (χ3n) is 1.79. The maximum absolute atomic E-state index is 11.1. The van der Waals surface area contributed by atoms with E-state index in [0.717, 1.165) is 11.8 Å². The van der Waals surface area contributed by atoms with E-state index in [1.165, 1.54) is 7.05 Å². The zero-order chi connectivity index (χ0) is 12.5. The number of aromatic carboxylic acids is 1. The normalized spacial score (nSPS) is 9.88. The fourth-order valence-electron chi connectivity index (χ4n) is 1.16. The second kappa shape index (κ2) is 3.96. The molecule has 0 aliphatic rings. The van der Waals surface area contributed by atoms with Gasteiger partial charge < -0.3 is 9.84 Å². The number of carbonyl (C=O) groups excluding carboxylic acids is 1. The van der Waals surface area contributed by atoms with Crippen LogP contribution in [0, 0.1) is 10.1 Å². The van der Waals surface area contributed by atoms with Crippen LogP contribution >= 0.6 is 0 Å². The second-order valence-electron chi connectivity index (χ2n) is 2.72. The number of rotatable bonds is 3. The Morgan fingerprint density at radius 2 is 2.12 bits per heavy atom. The average molecular weight is 229 g/mol. The van der Waals surface area contributed by atoms with Crippen LogP contribution in [0.25, 0.3) is 0 Å². The van der Waals surface area contributed by atoms with Gasteiger partial charge in [-0.15, -0.1) is 0 Å². The predicted octanol–water partition coefficient (Wildman–Crippen LogP) is -0.187. The number of nitro groups is 1. The molecular weight excluding hydrogens is 222 g/mol. The molecule has 1 aromatic heterocycles. The monoisotopic (exact) mass is 229 g/mol. The van der Waals surface area contributed by atoms with Gasteiger partial charge >= 0.3 is 17.6 Å². The van der Waals surface area contributed by atoms with Crippen molar-refractivity contribution in [2.75, 3.05) is 7.11 Å². The predicted molar refractivity (Wildman–Crippen MR) is 48.2 cm³/mol. The highest BCUT2D eigenvalue weighted by Crippen LogP contribution is 2.23. The second-order valence-corrected chi connectivity index (χ2v) is 2.72. The molecule has 0 unspecified atom stereocenters. The van der Waals surface area contributed by atoms with Crippen molar-refractivity contribution >= 4 is 17.6 Å². The number of hydrogen-bond donors (Lipinski definition) is 1. The topological polar surface area (TPSA) is 125 Å². The lowest BCUT2D eigenvalue weighted by molar-refractivity contribution is -0.385. The van der Waals surface area contributed by atoms with Crippen molar-refractivity contribution in [2.24, 2.45) is 7.05 Å². The van der Waals surface area contributed by atoms with Crippen molar-refractivity contribution in [3.05, 3.63) is 21.5 Å². The number of carbonyl (C=O) groups is 2. The standard InChI is InChI=1S/C7H7N3O6/c1-9-5(6(11)12)4(10(14)15)3(8-9)7(13)16-2/h1-2H3,(H,11,12). The zero-order valence-electron chi connectivity index (χ0n) is 8.33. The summed E-state index contributed by atoms with van der Waals surface area (Å²) in [5, 5.41) is 22.9. The summed E-state index contributed by atoms with van der Waals surface area (Å²) < 4.78 is 5.01. The molecule has 0 aromatic carbocycles. The minimum Gasteiger partial charge on any atom is -0.476 e. The van der Waals surface area contributed by atoms with E-state index in [0.29, 0.717) is 0 Å². The van der Waals surface area contributed by atoms with Gasteiger partial charge in [0.1, 0.15) is 0 Å². The van der Waals surface area contributed by atoms with Gasteiger partial charge in [-0.25, -0.2) is 9.59 Å². The lowest BCUT2D eigenvalue weighted by Crippen LogP contribution is -2.08. The Kier molecular flexibility index (Phi) is 2.88. The molecule has 1 N–H and O–H groups in total. The third kappa shape index (κ3) is 1.69. The maximum atomic E-state index is 11.1. The number of ether oxygens (including phenoxy) is 1. The molecule has 86 valence electrons.